The van der Waals surface area contributed by atoms with Gasteiger partial charge in [0.15, 0.2) is 0 Å². The standard InChI is InChI=1S/C42H44ClN11/c1-27-7-13-35(14-8-27)51-42-21-37(42)38(49-41(46)52-42)26-54(3)24-30-9-12-31(32(18-30)22-44)17-28-10-15-34(16-11-28)47-39-20-36(48-40(45)50-39)25-53(2)23-29-5-4-6-33(43)19-29/h4-16,18-20,37,51H,17,21,23-26H2,1-3H3,(H2,46,52)(H3,45,47,48,50). The summed E-state index contributed by atoms with van der Waals surface area (Å²) in [4.78, 5) is 22.5. The molecule has 0 spiro atoms. The number of nitrogen functional groups attached to an aromatic ring is 1. The number of hydrogen-bond donors (Lipinski definition) is 4. The molecular formula is C42H44ClN11. The molecule has 274 valence electrons. The largest absolute Gasteiger partial charge is 0.368 e. The zero-order valence-electron chi connectivity index (χ0n) is 30.7. The normalized spacial score (nSPS) is 17.4. The maximum Gasteiger partial charge on any atom is 0.222 e. The van der Waals surface area contributed by atoms with Crippen molar-refractivity contribution in [1.82, 2.24) is 19.8 Å². The monoisotopic (exact) mass is 737 g/mol. The fourth-order valence-electron chi connectivity index (χ4n) is 7.06. The highest BCUT2D eigenvalue weighted by Crippen LogP contribution is 2.50. The summed E-state index contributed by atoms with van der Waals surface area (Å²) in [5.74, 6) is 1.34. The van der Waals surface area contributed by atoms with Crippen LogP contribution in [0.25, 0.3) is 0 Å². The minimum absolute atomic E-state index is 0.196. The van der Waals surface area contributed by atoms with Gasteiger partial charge >= 0.3 is 0 Å². The van der Waals surface area contributed by atoms with Crippen LogP contribution in [0.15, 0.2) is 107 Å². The third-order valence-corrected chi connectivity index (χ3v) is 9.92. The summed E-state index contributed by atoms with van der Waals surface area (Å²) in [6.07, 6.45) is 1.49. The van der Waals surface area contributed by atoms with Crippen LogP contribution in [0.4, 0.5) is 23.1 Å². The average Bonchev–Trinajstić information content (AvgIpc) is 3.84. The van der Waals surface area contributed by atoms with E-state index in [1.165, 1.54) is 5.56 Å². The number of halogens is 1. The molecule has 54 heavy (non-hydrogen) atoms. The number of aromatic nitrogens is 2. The molecule has 2 heterocycles. The Morgan fingerprint density at radius 3 is 2.28 bits per heavy atom. The highest BCUT2D eigenvalue weighted by atomic mass is 35.5. The van der Waals surface area contributed by atoms with Crippen LogP contribution in [0.5, 0.6) is 0 Å². The van der Waals surface area contributed by atoms with Gasteiger partial charge in [0, 0.05) is 66.7 Å². The molecule has 12 heteroatoms. The molecule has 0 amide bonds. The second-order valence-corrected chi connectivity index (χ2v) is 14.9. The average molecular weight is 738 g/mol. The maximum absolute atomic E-state index is 10.1. The summed E-state index contributed by atoms with van der Waals surface area (Å²) in [5.41, 5.74) is 21.7. The molecule has 2 aliphatic rings. The van der Waals surface area contributed by atoms with Crippen molar-refractivity contribution in [2.24, 2.45) is 21.6 Å². The van der Waals surface area contributed by atoms with Gasteiger partial charge in [0.2, 0.25) is 11.9 Å². The van der Waals surface area contributed by atoms with E-state index in [0.29, 0.717) is 48.4 Å². The summed E-state index contributed by atoms with van der Waals surface area (Å²) < 4.78 is 0. The van der Waals surface area contributed by atoms with Crippen molar-refractivity contribution in [3.63, 3.8) is 0 Å². The molecule has 2 unspecified atom stereocenters. The summed E-state index contributed by atoms with van der Waals surface area (Å²) in [6, 6.07) is 34.7. The fraction of sp³-hybridized carbons (Fsp3) is 0.262. The number of fused-ring (bicyclic) bond motifs is 1. The van der Waals surface area contributed by atoms with E-state index in [1.54, 1.807) is 0 Å². The number of nitriles is 1. The van der Waals surface area contributed by atoms with E-state index in [-0.39, 0.29) is 11.9 Å². The zero-order chi connectivity index (χ0) is 37.8. The molecule has 7 rings (SSSR count). The van der Waals surface area contributed by atoms with Gasteiger partial charge in [0.25, 0.3) is 0 Å². The van der Waals surface area contributed by atoms with E-state index in [4.69, 9.17) is 23.1 Å². The smallest absolute Gasteiger partial charge is 0.222 e. The molecular weight excluding hydrogens is 694 g/mol. The first-order valence-corrected chi connectivity index (χ1v) is 18.3. The molecule has 2 atom stereocenters. The molecule has 0 radical (unpaired) electrons. The number of benzene rings is 4. The second kappa shape index (κ2) is 15.7. The van der Waals surface area contributed by atoms with Gasteiger partial charge in [0.05, 0.1) is 17.3 Å². The Bertz CT molecular complexity index is 2240. The van der Waals surface area contributed by atoms with Crippen LogP contribution in [0, 0.1) is 24.2 Å². The number of nitrogens with one attached hydrogen (secondary N) is 2. The molecule has 6 N–H and O–H groups in total. The van der Waals surface area contributed by atoms with Crippen molar-refractivity contribution in [3.05, 3.63) is 141 Å². The van der Waals surface area contributed by atoms with Gasteiger partial charge < -0.3 is 22.1 Å². The van der Waals surface area contributed by atoms with Gasteiger partial charge in [-0.15, -0.1) is 0 Å². The predicted octanol–water partition coefficient (Wildman–Crippen LogP) is 6.89. The van der Waals surface area contributed by atoms with Crippen molar-refractivity contribution >= 4 is 46.4 Å². The molecule has 0 saturated heterocycles. The van der Waals surface area contributed by atoms with Gasteiger partial charge in [-0.1, -0.05) is 65.7 Å². The first-order chi connectivity index (χ1) is 26.0. The van der Waals surface area contributed by atoms with Crippen LogP contribution >= 0.6 is 11.6 Å². The molecule has 11 nitrogen and oxygen atoms in total. The van der Waals surface area contributed by atoms with Crippen LogP contribution in [0.3, 0.4) is 0 Å². The summed E-state index contributed by atoms with van der Waals surface area (Å²) >= 11 is 6.16. The van der Waals surface area contributed by atoms with Crippen molar-refractivity contribution in [2.75, 3.05) is 37.0 Å². The van der Waals surface area contributed by atoms with Crippen molar-refractivity contribution < 1.29 is 0 Å². The van der Waals surface area contributed by atoms with Gasteiger partial charge in [-0.05, 0) is 92.2 Å². The lowest BCUT2D eigenvalue weighted by molar-refractivity contribution is 0.315. The summed E-state index contributed by atoms with van der Waals surface area (Å²) in [6.45, 7) is 4.72. The van der Waals surface area contributed by atoms with Crippen LogP contribution in [-0.4, -0.2) is 57.7 Å². The van der Waals surface area contributed by atoms with Gasteiger partial charge in [-0.25, -0.2) is 15.0 Å². The van der Waals surface area contributed by atoms with Crippen LogP contribution < -0.4 is 22.1 Å². The zero-order valence-corrected chi connectivity index (χ0v) is 31.5. The maximum atomic E-state index is 10.1. The Balaban J connectivity index is 0.935. The van der Waals surface area contributed by atoms with Crippen LogP contribution in [0.1, 0.15) is 45.5 Å². The molecule has 1 aromatic heterocycles. The molecule has 5 aromatic rings. The molecule has 0 bridgehead atoms. The number of rotatable bonds is 14. The Morgan fingerprint density at radius 2 is 1.54 bits per heavy atom. The number of hydrogen-bond acceptors (Lipinski definition) is 11. The first kappa shape index (κ1) is 36.6. The topological polar surface area (TPSA) is 157 Å². The van der Waals surface area contributed by atoms with Crippen LogP contribution in [-0.2, 0) is 26.1 Å². The Morgan fingerprint density at radius 1 is 0.833 bits per heavy atom. The molecule has 1 aliphatic carbocycles. The van der Waals surface area contributed by atoms with E-state index in [0.717, 1.165) is 58.0 Å². The number of nitrogens with two attached hydrogens (primary N) is 2. The lowest BCUT2D eigenvalue weighted by atomic mass is 9.98. The predicted molar refractivity (Wildman–Crippen MR) is 218 cm³/mol. The van der Waals surface area contributed by atoms with E-state index in [9.17, 15) is 5.26 Å². The fourth-order valence-corrected chi connectivity index (χ4v) is 7.28. The Kier molecular flexibility index (Phi) is 10.6. The van der Waals surface area contributed by atoms with E-state index in [1.807, 2.05) is 55.6 Å². The van der Waals surface area contributed by atoms with Crippen molar-refractivity contribution in [2.45, 2.75) is 45.1 Å². The first-order valence-electron chi connectivity index (χ1n) is 17.9. The van der Waals surface area contributed by atoms with Gasteiger partial charge in [0.1, 0.15) is 11.5 Å². The van der Waals surface area contributed by atoms with Gasteiger partial charge in [-0.2, -0.15) is 10.2 Å². The second-order valence-electron chi connectivity index (χ2n) is 14.4. The molecule has 1 aliphatic heterocycles. The molecule has 1 saturated carbocycles. The lowest BCUT2D eigenvalue weighted by Crippen LogP contribution is -2.37. The summed E-state index contributed by atoms with van der Waals surface area (Å²) in [7, 11) is 4.09. The summed E-state index contributed by atoms with van der Waals surface area (Å²) in [5, 5.41) is 17.8. The van der Waals surface area contributed by atoms with Crippen molar-refractivity contribution in [1.29, 1.82) is 5.26 Å². The van der Waals surface area contributed by atoms with E-state index >= 15 is 0 Å². The highest BCUT2D eigenvalue weighted by molar-refractivity contribution is 6.30. The number of nitrogens with zero attached hydrogens (tertiary/aromatic N) is 7. The number of aryl methyl sites for hydroxylation is 1. The van der Waals surface area contributed by atoms with E-state index in [2.05, 4.69) is 109 Å². The molecule has 4 aromatic carbocycles. The third kappa shape index (κ3) is 9.04. The minimum atomic E-state index is -0.426. The number of aliphatic imine (C=N–C) groups is 2. The quantitative estimate of drug-likeness (QED) is 0.0953. The highest BCUT2D eigenvalue weighted by Gasteiger charge is 2.59. The van der Waals surface area contributed by atoms with Crippen molar-refractivity contribution in [3.8, 4) is 6.07 Å². The number of anilines is 4. The third-order valence-electron chi connectivity index (χ3n) is 9.69. The Hall–Kier alpha value is -5.80. The lowest BCUT2D eigenvalue weighted by Gasteiger charge is -2.24. The van der Waals surface area contributed by atoms with Gasteiger partial charge in [-0.3, -0.25) is 9.80 Å². The van der Waals surface area contributed by atoms with Crippen LogP contribution in [0.2, 0.25) is 5.02 Å². The SMILES string of the molecule is Cc1ccc(NC23CC2C(CN(C)Cc2ccc(Cc4ccc(Nc5cc(CN(C)Cc6cccc(Cl)c6)nc(N)n5)cc4)c(C#N)c2)=NC(N)=N3)cc1. The van der Waals surface area contributed by atoms with E-state index < -0.39 is 5.66 Å². The Labute approximate surface area is 321 Å². The number of guanidine groups is 1. The minimum Gasteiger partial charge on any atom is -0.368 e. The molecule has 1 fully saturated rings.